The number of hydrogen-bond donors (Lipinski definition) is 1. The van der Waals surface area contributed by atoms with Crippen LogP contribution in [-0.4, -0.2) is 9.91 Å². The fraction of sp³-hybridized carbons (Fsp3) is 0.182. The molecule has 100 valence electrons. The number of rotatable bonds is 5. The minimum Gasteiger partial charge on any atom is -0.306 e. The quantitative estimate of drug-likeness (QED) is 0.677. The summed E-state index contributed by atoms with van der Waals surface area (Å²) in [6.45, 7) is 0.481. The van der Waals surface area contributed by atoms with E-state index in [1.807, 2.05) is 0 Å². The number of benzene rings is 1. The molecule has 0 spiro atoms. The fourth-order valence-corrected chi connectivity index (χ4v) is 2.09. The van der Waals surface area contributed by atoms with E-state index < -0.39 is 22.2 Å². The minimum absolute atomic E-state index is 0.0460. The first-order valence-corrected chi connectivity index (χ1v) is 6.17. The fourth-order valence-electron chi connectivity index (χ4n) is 1.50. The molecule has 0 saturated heterocycles. The van der Waals surface area contributed by atoms with E-state index in [1.165, 1.54) is 11.3 Å². The van der Waals surface area contributed by atoms with Gasteiger partial charge in [-0.1, -0.05) is 0 Å². The number of thiazole rings is 1. The molecule has 0 aliphatic heterocycles. The Morgan fingerprint density at radius 1 is 1.32 bits per heavy atom. The summed E-state index contributed by atoms with van der Waals surface area (Å²) in [5, 5.41) is 16.1. The monoisotopic (exact) mass is 285 g/mol. The topological polar surface area (TPSA) is 68.1 Å². The van der Waals surface area contributed by atoms with E-state index in [9.17, 15) is 18.9 Å². The SMILES string of the molecule is O=[N+]([O-])c1cc(CNCc2nccs2)c(F)cc1F. The molecule has 0 saturated carbocycles. The Morgan fingerprint density at radius 3 is 2.74 bits per heavy atom. The van der Waals surface area contributed by atoms with Crippen molar-refractivity contribution in [1.29, 1.82) is 0 Å². The first-order valence-electron chi connectivity index (χ1n) is 5.29. The zero-order valence-corrected chi connectivity index (χ0v) is 10.4. The normalized spacial score (nSPS) is 10.6. The van der Waals surface area contributed by atoms with Crippen LogP contribution in [0.4, 0.5) is 14.5 Å². The molecule has 1 heterocycles. The molecule has 0 radical (unpaired) electrons. The molecule has 0 aliphatic carbocycles. The van der Waals surface area contributed by atoms with Gasteiger partial charge < -0.3 is 5.32 Å². The van der Waals surface area contributed by atoms with Gasteiger partial charge >= 0.3 is 5.69 Å². The molecular formula is C11H9F2N3O2S. The Kier molecular flexibility index (Phi) is 4.13. The highest BCUT2D eigenvalue weighted by Crippen LogP contribution is 2.21. The van der Waals surface area contributed by atoms with Crippen LogP contribution in [0.3, 0.4) is 0 Å². The van der Waals surface area contributed by atoms with Crippen molar-refractivity contribution < 1.29 is 13.7 Å². The number of nitro benzene ring substituents is 1. The lowest BCUT2D eigenvalue weighted by molar-refractivity contribution is -0.387. The summed E-state index contributed by atoms with van der Waals surface area (Å²) in [6, 6.07) is 1.43. The van der Waals surface area contributed by atoms with Gasteiger partial charge in [-0.15, -0.1) is 11.3 Å². The molecule has 0 bridgehead atoms. The third-order valence-corrected chi connectivity index (χ3v) is 3.17. The van der Waals surface area contributed by atoms with Gasteiger partial charge in [0, 0.05) is 42.4 Å². The molecule has 19 heavy (non-hydrogen) atoms. The van der Waals surface area contributed by atoms with Crippen molar-refractivity contribution in [1.82, 2.24) is 10.3 Å². The summed E-state index contributed by atoms with van der Waals surface area (Å²) in [5.74, 6) is -1.99. The minimum atomic E-state index is -1.17. The first kappa shape index (κ1) is 13.5. The van der Waals surface area contributed by atoms with Crippen molar-refractivity contribution in [2.24, 2.45) is 0 Å². The van der Waals surface area contributed by atoms with Crippen molar-refractivity contribution in [3.8, 4) is 0 Å². The largest absolute Gasteiger partial charge is 0.306 e. The maximum absolute atomic E-state index is 13.4. The molecule has 0 fully saturated rings. The Balaban J connectivity index is 2.07. The summed E-state index contributed by atoms with van der Waals surface area (Å²) in [7, 11) is 0. The molecule has 0 aliphatic rings. The summed E-state index contributed by atoms with van der Waals surface area (Å²) < 4.78 is 26.6. The van der Waals surface area contributed by atoms with Gasteiger partial charge in [-0.05, 0) is 0 Å². The number of hydrogen-bond acceptors (Lipinski definition) is 5. The third-order valence-electron chi connectivity index (χ3n) is 2.39. The van der Waals surface area contributed by atoms with E-state index in [-0.39, 0.29) is 12.1 Å². The molecule has 8 heteroatoms. The molecule has 2 aromatic rings. The van der Waals surface area contributed by atoms with Gasteiger partial charge in [-0.3, -0.25) is 10.1 Å². The van der Waals surface area contributed by atoms with Crippen LogP contribution < -0.4 is 5.32 Å². The maximum atomic E-state index is 13.4. The molecule has 1 aromatic carbocycles. The van der Waals surface area contributed by atoms with Crippen molar-refractivity contribution in [3.63, 3.8) is 0 Å². The summed E-state index contributed by atoms with van der Waals surface area (Å²) >= 11 is 1.44. The predicted molar refractivity (Wildman–Crippen MR) is 65.7 cm³/mol. The lowest BCUT2D eigenvalue weighted by atomic mass is 10.2. The lowest BCUT2D eigenvalue weighted by Crippen LogP contribution is -2.14. The van der Waals surface area contributed by atoms with Gasteiger partial charge in [0.2, 0.25) is 5.82 Å². The summed E-state index contributed by atoms with van der Waals surface area (Å²) in [4.78, 5) is 13.7. The van der Waals surface area contributed by atoms with Gasteiger partial charge in [0.05, 0.1) is 4.92 Å². The summed E-state index contributed by atoms with van der Waals surface area (Å²) in [5.41, 5.74) is -0.683. The van der Waals surface area contributed by atoms with Gasteiger partial charge in [-0.2, -0.15) is 4.39 Å². The highest BCUT2D eigenvalue weighted by molar-refractivity contribution is 7.09. The first-order chi connectivity index (χ1) is 9.08. The van der Waals surface area contributed by atoms with Crippen LogP contribution >= 0.6 is 11.3 Å². The Morgan fingerprint density at radius 2 is 2.11 bits per heavy atom. The smallest absolute Gasteiger partial charge is 0.305 e. The molecule has 0 amide bonds. The number of nitro groups is 1. The predicted octanol–water partition coefficient (Wildman–Crippen LogP) is 2.62. The van der Waals surface area contributed by atoms with Crippen LogP contribution in [0.2, 0.25) is 0 Å². The lowest BCUT2D eigenvalue weighted by Gasteiger charge is -2.05. The number of aromatic nitrogens is 1. The van der Waals surface area contributed by atoms with E-state index in [0.717, 1.165) is 11.1 Å². The van der Waals surface area contributed by atoms with Gasteiger partial charge in [0.15, 0.2) is 0 Å². The van der Waals surface area contributed by atoms with E-state index in [1.54, 1.807) is 11.6 Å². The van der Waals surface area contributed by atoms with Crippen molar-refractivity contribution in [2.75, 3.05) is 0 Å². The van der Waals surface area contributed by atoms with Crippen LogP contribution in [0, 0.1) is 21.7 Å². The Bertz CT molecular complexity index is 590. The maximum Gasteiger partial charge on any atom is 0.305 e. The van der Waals surface area contributed by atoms with Crippen molar-refractivity contribution in [2.45, 2.75) is 13.1 Å². The number of nitrogens with one attached hydrogen (secondary N) is 1. The second-order valence-corrected chi connectivity index (χ2v) is 4.66. The van der Waals surface area contributed by atoms with E-state index in [2.05, 4.69) is 10.3 Å². The van der Waals surface area contributed by atoms with Crippen LogP contribution in [0.15, 0.2) is 23.7 Å². The van der Waals surface area contributed by atoms with Gasteiger partial charge in [0.1, 0.15) is 10.8 Å². The second-order valence-electron chi connectivity index (χ2n) is 3.68. The van der Waals surface area contributed by atoms with Crippen LogP contribution in [0.25, 0.3) is 0 Å². The molecule has 0 atom stereocenters. The van der Waals surface area contributed by atoms with Gasteiger partial charge in [-0.25, -0.2) is 9.37 Å². The molecule has 2 rings (SSSR count). The van der Waals surface area contributed by atoms with Crippen LogP contribution in [0.5, 0.6) is 0 Å². The zero-order chi connectivity index (χ0) is 13.8. The highest BCUT2D eigenvalue weighted by atomic mass is 32.1. The Hall–Kier alpha value is -1.93. The Labute approximate surface area is 111 Å². The zero-order valence-electron chi connectivity index (χ0n) is 9.60. The van der Waals surface area contributed by atoms with E-state index >= 15 is 0 Å². The standard InChI is InChI=1S/C11H9F2N3O2S/c12-8-4-9(13)10(16(17)18)3-7(8)5-14-6-11-15-1-2-19-11/h1-4,14H,5-6H2. The van der Waals surface area contributed by atoms with Crippen molar-refractivity contribution in [3.05, 3.63) is 56.0 Å². The number of halogens is 2. The van der Waals surface area contributed by atoms with E-state index in [0.29, 0.717) is 12.6 Å². The second kappa shape index (κ2) is 5.81. The van der Waals surface area contributed by atoms with Gasteiger partial charge in [0.25, 0.3) is 0 Å². The molecule has 5 nitrogen and oxygen atoms in total. The number of nitrogens with zero attached hydrogens (tertiary/aromatic N) is 2. The molecular weight excluding hydrogens is 276 g/mol. The average molecular weight is 285 g/mol. The van der Waals surface area contributed by atoms with Crippen molar-refractivity contribution >= 4 is 17.0 Å². The molecule has 1 N–H and O–H groups in total. The van der Waals surface area contributed by atoms with Crippen LogP contribution in [0.1, 0.15) is 10.6 Å². The molecule has 0 unspecified atom stereocenters. The average Bonchev–Trinajstić information content (AvgIpc) is 2.84. The van der Waals surface area contributed by atoms with E-state index in [4.69, 9.17) is 0 Å². The molecule has 1 aromatic heterocycles. The summed E-state index contributed by atoms with van der Waals surface area (Å²) in [6.07, 6.45) is 1.64. The van der Waals surface area contributed by atoms with Crippen LogP contribution in [-0.2, 0) is 13.1 Å². The third kappa shape index (κ3) is 3.30. The highest BCUT2D eigenvalue weighted by Gasteiger charge is 2.18.